The van der Waals surface area contributed by atoms with Gasteiger partial charge in [-0.2, -0.15) is 0 Å². The Balaban J connectivity index is 3.38. The van der Waals surface area contributed by atoms with Crippen molar-refractivity contribution >= 4 is 20.3 Å². The van der Waals surface area contributed by atoms with E-state index in [1.54, 1.807) is 0 Å². The minimum atomic E-state index is -2.83. The van der Waals surface area contributed by atoms with Gasteiger partial charge in [0.15, 0.2) is 23.3 Å². The number of carbonyl (C=O) groups is 2. The van der Waals surface area contributed by atoms with Gasteiger partial charge in [0.2, 0.25) is 11.7 Å². The molecule has 140 valence electrons. The summed E-state index contributed by atoms with van der Waals surface area (Å²) in [5.41, 5.74) is 3.33. The lowest BCUT2D eigenvalue weighted by Gasteiger charge is -2.29. The van der Waals surface area contributed by atoms with Crippen molar-refractivity contribution in [3.8, 4) is 0 Å². The van der Waals surface area contributed by atoms with E-state index in [-0.39, 0.29) is 0 Å². The lowest BCUT2D eigenvalue weighted by atomic mass is 9.90. The Morgan fingerprint density at radius 3 is 1.84 bits per heavy atom. The number of primary amides is 1. The summed E-state index contributed by atoms with van der Waals surface area (Å²) in [6, 6.07) is 0. The molecule has 4 N–H and O–H groups in total. The van der Waals surface area contributed by atoms with E-state index in [1.807, 2.05) is 0 Å². The predicted octanol–water partition coefficient (Wildman–Crippen LogP) is 1.34. The highest BCUT2D eigenvalue weighted by Crippen LogP contribution is 2.38. The van der Waals surface area contributed by atoms with Gasteiger partial charge in [0.1, 0.15) is 5.34 Å². The van der Waals surface area contributed by atoms with E-state index in [9.17, 15) is 41.2 Å². The number of benzene rings is 1. The molecule has 0 aliphatic rings. The second-order valence-corrected chi connectivity index (χ2v) is 6.47. The van der Waals surface area contributed by atoms with E-state index >= 15 is 0 Å². The third-order valence-electron chi connectivity index (χ3n) is 3.55. The molecule has 12 heteroatoms. The summed E-state index contributed by atoms with van der Waals surface area (Å²) >= 11 is 0. The van der Waals surface area contributed by atoms with Crippen molar-refractivity contribution in [2.24, 2.45) is 11.7 Å². The second kappa shape index (κ2) is 7.92. The highest BCUT2D eigenvalue weighted by Gasteiger charge is 2.43. The van der Waals surface area contributed by atoms with Crippen molar-refractivity contribution in [1.82, 2.24) is 0 Å². The minimum Gasteiger partial charge on any atom is -0.481 e. The average Bonchev–Trinajstić information content (AvgIpc) is 2.54. The Morgan fingerprint density at radius 2 is 1.48 bits per heavy atom. The summed E-state index contributed by atoms with van der Waals surface area (Å²) in [7, 11) is -2.46. The molecule has 0 saturated heterocycles. The van der Waals surface area contributed by atoms with Gasteiger partial charge in [-0.1, -0.05) is 0 Å². The molecule has 0 aliphatic heterocycles. The fourth-order valence-electron chi connectivity index (χ4n) is 2.21. The molecule has 1 amide bonds. The number of nitrogens with two attached hydrogens (primary N) is 1. The zero-order valence-corrected chi connectivity index (χ0v) is 13.5. The van der Waals surface area contributed by atoms with Gasteiger partial charge in [0.25, 0.3) is 0 Å². The molecule has 0 saturated carbocycles. The fourth-order valence-corrected chi connectivity index (χ4v) is 2.97. The van der Waals surface area contributed by atoms with E-state index in [0.29, 0.717) is 0 Å². The van der Waals surface area contributed by atoms with Gasteiger partial charge < -0.3 is 20.5 Å². The smallest absolute Gasteiger partial charge is 0.309 e. The number of hydrogen-bond acceptors (Lipinski definition) is 4. The monoisotopic (exact) mass is 389 g/mol. The van der Waals surface area contributed by atoms with E-state index in [4.69, 9.17) is 10.8 Å². The molecular formula is C13H13F5NO5P. The van der Waals surface area contributed by atoms with Gasteiger partial charge in [-0.05, 0) is 6.42 Å². The Bertz CT molecular complexity index is 702. The molecule has 0 spiro atoms. The van der Waals surface area contributed by atoms with Gasteiger partial charge in [0.05, 0.1) is 14.4 Å². The first kappa shape index (κ1) is 21.0. The number of halogens is 5. The van der Waals surface area contributed by atoms with E-state index < -0.39 is 85.5 Å². The van der Waals surface area contributed by atoms with Crippen LogP contribution in [0.15, 0.2) is 0 Å². The van der Waals surface area contributed by atoms with Crippen molar-refractivity contribution in [2.45, 2.75) is 24.6 Å². The van der Waals surface area contributed by atoms with Gasteiger partial charge in [-0.15, -0.1) is 0 Å². The number of aliphatic hydroxyl groups is 1. The number of rotatable bonds is 8. The van der Waals surface area contributed by atoms with Crippen LogP contribution in [0.4, 0.5) is 22.0 Å². The van der Waals surface area contributed by atoms with Crippen LogP contribution in [-0.4, -0.2) is 27.4 Å². The standard InChI is InChI=1S/C13H13F5NO5P/c14-7-4(8(15)10(17)11(18)9(7)16)3-13(23,25-24)5(12(21)22)1-2-6(19)20/h5,23H,1-3,25H2,(H2,19,20)(H,21,22). The topological polar surface area (TPSA) is 118 Å². The normalized spacial score (nSPS) is 15.3. The molecule has 25 heavy (non-hydrogen) atoms. The summed E-state index contributed by atoms with van der Waals surface area (Å²) in [5, 5.41) is 16.5. The molecule has 0 fully saturated rings. The molecule has 1 rings (SSSR count). The predicted molar refractivity (Wildman–Crippen MR) is 74.8 cm³/mol. The molecule has 0 heterocycles. The van der Waals surface area contributed by atoms with Crippen LogP contribution in [0.25, 0.3) is 0 Å². The number of carboxylic acid groups (broad SMARTS) is 1. The maximum absolute atomic E-state index is 13.7. The third kappa shape index (κ3) is 4.35. The van der Waals surface area contributed by atoms with Crippen LogP contribution < -0.4 is 5.73 Å². The van der Waals surface area contributed by atoms with Crippen molar-refractivity contribution < 1.29 is 46.3 Å². The Kier molecular flexibility index (Phi) is 6.67. The lowest BCUT2D eigenvalue weighted by Crippen LogP contribution is -2.40. The van der Waals surface area contributed by atoms with Crippen LogP contribution in [0, 0.1) is 35.0 Å². The maximum Gasteiger partial charge on any atom is 0.309 e. The quantitative estimate of drug-likeness (QED) is 0.268. The first-order valence-electron chi connectivity index (χ1n) is 6.66. The summed E-state index contributed by atoms with van der Waals surface area (Å²) in [4.78, 5) is 22.0. The molecule has 0 bridgehead atoms. The summed E-state index contributed by atoms with van der Waals surface area (Å²) < 4.78 is 78.2. The molecule has 1 aromatic rings. The Labute approximate surface area is 138 Å². The van der Waals surface area contributed by atoms with Gasteiger partial charge in [0, 0.05) is 18.4 Å². The van der Waals surface area contributed by atoms with E-state index in [1.165, 1.54) is 0 Å². The van der Waals surface area contributed by atoms with E-state index in [2.05, 4.69) is 0 Å². The van der Waals surface area contributed by atoms with Crippen LogP contribution in [0.5, 0.6) is 0 Å². The van der Waals surface area contributed by atoms with Crippen LogP contribution in [0.2, 0.25) is 0 Å². The zero-order chi connectivity index (χ0) is 19.5. The number of carboxylic acids is 1. The number of amides is 1. The third-order valence-corrected chi connectivity index (χ3v) is 4.56. The van der Waals surface area contributed by atoms with Gasteiger partial charge >= 0.3 is 5.97 Å². The fraction of sp³-hybridized carbons (Fsp3) is 0.385. The lowest BCUT2D eigenvalue weighted by molar-refractivity contribution is -0.147. The molecule has 0 aliphatic carbocycles. The van der Waals surface area contributed by atoms with Gasteiger partial charge in [-0.25, -0.2) is 22.0 Å². The molecule has 1 aromatic carbocycles. The molecule has 0 radical (unpaired) electrons. The maximum atomic E-state index is 13.7. The van der Waals surface area contributed by atoms with Crippen LogP contribution in [-0.2, 0) is 20.6 Å². The number of hydrogen-bond donors (Lipinski definition) is 3. The van der Waals surface area contributed by atoms with E-state index in [0.717, 1.165) is 0 Å². The van der Waals surface area contributed by atoms with Gasteiger partial charge in [-0.3, -0.25) is 9.59 Å². The molecular weight excluding hydrogens is 376 g/mol. The largest absolute Gasteiger partial charge is 0.481 e. The second-order valence-electron chi connectivity index (χ2n) is 5.23. The van der Waals surface area contributed by atoms with Crippen molar-refractivity contribution in [1.29, 1.82) is 0 Å². The number of aliphatic carboxylic acids is 1. The zero-order valence-electron chi connectivity index (χ0n) is 12.4. The Hall–Kier alpha value is -2.00. The average molecular weight is 389 g/mol. The summed E-state index contributed by atoms with van der Waals surface area (Å²) in [5.74, 6) is -16.3. The number of carbonyl (C=O) groups excluding carboxylic acids is 1. The SMILES string of the molecule is NC(=O)CCC(C(=O)O)C(O)(Cc1c(F)c(F)c(F)c(F)c1F)[PH2]=O. The van der Waals surface area contributed by atoms with Crippen LogP contribution in [0.1, 0.15) is 18.4 Å². The highest BCUT2D eigenvalue weighted by molar-refractivity contribution is 7.25. The summed E-state index contributed by atoms with van der Waals surface area (Å²) in [6.45, 7) is 0. The molecule has 3 atom stereocenters. The van der Waals surface area contributed by atoms with Crippen LogP contribution >= 0.6 is 8.46 Å². The molecule has 6 nitrogen and oxygen atoms in total. The first-order chi connectivity index (χ1) is 11.5. The highest BCUT2D eigenvalue weighted by atomic mass is 31.1. The Morgan fingerprint density at radius 1 is 1.04 bits per heavy atom. The van der Waals surface area contributed by atoms with Crippen molar-refractivity contribution in [3.05, 3.63) is 34.6 Å². The van der Waals surface area contributed by atoms with Crippen LogP contribution in [0.3, 0.4) is 0 Å². The van der Waals surface area contributed by atoms with Crippen molar-refractivity contribution in [3.63, 3.8) is 0 Å². The first-order valence-corrected chi connectivity index (χ1v) is 7.71. The molecule has 3 unspecified atom stereocenters. The summed E-state index contributed by atoms with van der Waals surface area (Å²) in [6.07, 6.45) is -2.64. The minimum absolute atomic E-state index is 0.574. The molecule has 0 aromatic heterocycles. The van der Waals surface area contributed by atoms with Crippen molar-refractivity contribution in [2.75, 3.05) is 0 Å².